The van der Waals surface area contributed by atoms with Gasteiger partial charge >= 0.3 is 0 Å². The van der Waals surface area contributed by atoms with Gasteiger partial charge in [-0.05, 0) is 30.5 Å². The lowest BCUT2D eigenvalue weighted by atomic mass is 10.0. The fourth-order valence-electron chi connectivity index (χ4n) is 4.39. The van der Waals surface area contributed by atoms with Crippen molar-refractivity contribution < 1.29 is 9.53 Å². The van der Waals surface area contributed by atoms with Crippen LogP contribution in [0, 0.1) is 0 Å². The molecule has 0 aliphatic carbocycles. The van der Waals surface area contributed by atoms with Crippen molar-refractivity contribution in [2.75, 3.05) is 31.6 Å². The van der Waals surface area contributed by atoms with Crippen LogP contribution in [0.15, 0.2) is 60.8 Å². The molecule has 0 N–H and O–H groups in total. The van der Waals surface area contributed by atoms with Gasteiger partial charge in [0.1, 0.15) is 12.4 Å². The molecule has 6 nitrogen and oxygen atoms in total. The van der Waals surface area contributed by atoms with Crippen molar-refractivity contribution in [3.05, 3.63) is 77.6 Å². The number of hydrogen-bond donors (Lipinski definition) is 0. The van der Waals surface area contributed by atoms with Crippen molar-refractivity contribution in [2.45, 2.75) is 25.4 Å². The van der Waals surface area contributed by atoms with Crippen molar-refractivity contribution in [1.29, 1.82) is 0 Å². The van der Waals surface area contributed by atoms with E-state index in [0.717, 1.165) is 42.9 Å². The lowest BCUT2D eigenvalue weighted by molar-refractivity contribution is 0.0604. The Bertz CT molecular complexity index is 1050. The maximum absolute atomic E-state index is 13.3. The molecule has 0 saturated carbocycles. The van der Waals surface area contributed by atoms with Crippen LogP contribution in [-0.2, 0) is 19.4 Å². The summed E-state index contributed by atoms with van der Waals surface area (Å²) < 4.78 is 7.97. The number of carbonyl (C=O) groups excluding carboxylic acids is 1. The van der Waals surface area contributed by atoms with Gasteiger partial charge in [0.2, 0.25) is 0 Å². The molecule has 0 unspecified atom stereocenters. The molecule has 1 atom stereocenters. The van der Waals surface area contributed by atoms with Gasteiger partial charge in [-0.25, -0.2) is 0 Å². The van der Waals surface area contributed by atoms with Crippen molar-refractivity contribution >= 4 is 11.6 Å². The first kappa shape index (κ1) is 18.7. The van der Waals surface area contributed by atoms with Crippen molar-refractivity contribution in [1.82, 2.24) is 14.7 Å². The molecule has 0 spiro atoms. The predicted molar refractivity (Wildman–Crippen MR) is 116 cm³/mol. The smallest absolute Gasteiger partial charge is 0.275 e. The second-order valence-corrected chi connectivity index (χ2v) is 8.06. The van der Waals surface area contributed by atoms with E-state index in [-0.39, 0.29) is 11.9 Å². The lowest BCUT2D eigenvalue weighted by Gasteiger charge is -2.34. The molecule has 0 radical (unpaired) electrons. The van der Waals surface area contributed by atoms with E-state index in [4.69, 9.17) is 4.74 Å². The average molecular weight is 402 g/mol. The highest BCUT2D eigenvalue weighted by molar-refractivity contribution is 5.95. The summed E-state index contributed by atoms with van der Waals surface area (Å²) in [5.41, 5.74) is 3.99. The Balaban J connectivity index is 1.30. The molecule has 0 fully saturated rings. The molecule has 0 bridgehead atoms. The molecule has 2 aliphatic heterocycles. The van der Waals surface area contributed by atoms with Crippen LogP contribution in [0.2, 0.25) is 0 Å². The average Bonchev–Trinajstić information content (AvgIpc) is 3.13. The van der Waals surface area contributed by atoms with Crippen LogP contribution < -0.4 is 9.64 Å². The van der Waals surface area contributed by atoms with Gasteiger partial charge in [0.25, 0.3) is 5.91 Å². The molecule has 2 aliphatic rings. The van der Waals surface area contributed by atoms with Gasteiger partial charge in [-0.2, -0.15) is 5.10 Å². The molecule has 6 heteroatoms. The van der Waals surface area contributed by atoms with Gasteiger partial charge in [-0.15, -0.1) is 0 Å². The summed E-state index contributed by atoms with van der Waals surface area (Å²) in [5, 5.41) is 4.64. The number of aryl methyl sites for hydroxylation is 2. The third-order valence-corrected chi connectivity index (χ3v) is 6.03. The Hall–Kier alpha value is -3.28. The zero-order valence-electron chi connectivity index (χ0n) is 17.2. The van der Waals surface area contributed by atoms with Crippen LogP contribution in [0.3, 0.4) is 0 Å². The van der Waals surface area contributed by atoms with E-state index in [2.05, 4.69) is 47.4 Å². The minimum atomic E-state index is -0.00230. The molecule has 1 amide bonds. The van der Waals surface area contributed by atoms with E-state index in [0.29, 0.717) is 18.8 Å². The van der Waals surface area contributed by atoms with Crippen LogP contribution >= 0.6 is 0 Å². The molecule has 0 saturated heterocycles. The van der Waals surface area contributed by atoms with Gasteiger partial charge in [-0.3, -0.25) is 9.48 Å². The number of anilines is 1. The van der Waals surface area contributed by atoms with Crippen LogP contribution in [0.1, 0.15) is 21.6 Å². The standard InChI is InChI=1S/C24H26N4O2/c1-26-16-20(17-30-22-10-6-5-9-21(22)26)28-14-12-19-15-27(25-23(19)24(28)29)13-11-18-7-3-2-4-8-18/h2-10,15,20H,11-14,16-17H2,1H3/t20-/m0/s1. The first-order valence-corrected chi connectivity index (χ1v) is 10.5. The zero-order valence-corrected chi connectivity index (χ0v) is 17.2. The summed E-state index contributed by atoms with van der Waals surface area (Å²) >= 11 is 0. The highest BCUT2D eigenvalue weighted by Gasteiger charge is 2.34. The number of benzene rings is 2. The van der Waals surface area contributed by atoms with Gasteiger partial charge < -0.3 is 14.5 Å². The molecule has 30 heavy (non-hydrogen) atoms. The predicted octanol–water partition coefficient (Wildman–Crippen LogP) is 3.02. The Kier molecular flexibility index (Phi) is 4.91. The van der Waals surface area contributed by atoms with Crippen molar-refractivity contribution in [3.8, 4) is 5.75 Å². The molecule has 154 valence electrons. The summed E-state index contributed by atoms with van der Waals surface area (Å²) in [5.74, 6) is 0.889. The second-order valence-electron chi connectivity index (χ2n) is 8.06. The molecular formula is C24H26N4O2. The second kappa shape index (κ2) is 7.86. The van der Waals surface area contributed by atoms with Crippen LogP contribution in [-0.4, -0.2) is 53.4 Å². The number of ether oxygens (including phenoxy) is 1. The summed E-state index contributed by atoms with van der Waals surface area (Å²) in [4.78, 5) is 17.4. The maximum atomic E-state index is 13.3. The number of rotatable bonds is 4. The van der Waals surface area contributed by atoms with E-state index >= 15 is 0 Å². The summed E-state index contributed by atoms with van der Waals surface area (Å²) in [6.45, 7) is 2.72. The number of hydrogen-bond acceptors (Lipinski definition) is 4. The number of para-hydroxylation sites is 2. The normalized spacial score (nSPS) is 18.4. The molecule has 2 aromatic carbocycles. The molecule has 1 aromatic heterocycles. The van der Waals surface area contributed by atoms with E-state index in [1.165, 1.54) is 5.56 Å². The van der Waals surface area contributed by atoms with Gasteiger partial charge in [-0.1, -0.05) is 42.5 Å². The van der Waals surface area contributed by atoms with E-state index in [1.807, 2.05) is 40.0 Å². The van der Waals surface area contributed by atoms with E-state index < -0.39 is 0 Å². The third kappa shape index (κ3) is 3.54. The first-order chi connectivity index (χ1) is 14.7. The van der Waals surface area contributed by atoms with Crippen LogP contribution in [0.5, 0.6) is 5.75 Å². The Morgan fingerprint density at radius 3 is 2.77 bits per heavy atom. The minimum absolute atomic E-state index is 0.00230. The number of nitrogens with zero attached hydrogens (tertiary/aromatic N) is 4. The van der Waals surface area contributed by atoms with Crippen LogP contribution in [0.4, 0.5) is 5.69 Å². The van der Waals surface area contributed by atoms with Gasteiger partial charge in [0, 0.05) is 38.4 Å². The number of amides is 1. The molecular weight excluding hydrogens is 376 g/mol. The van der Waals surface area contributed by atoms with Crippen molar-refractivity contribution in [2.24, 2.45) is 0 Å². The first-order valence-electron chi connectivity index (χ1n) is 10.5. The summed E-state index contributed by atoms with van der Waals surface area (Å²) in [6.07, 6.45) is 3.78. The fraction of sp³-hybridized carbons (Fsp3) is 0.333. The van der Waals surface area contributed by atoms with E-state index in [1.54, 1.807) is 0 Å². The molecule has 3 aromatic rings. The molecule has 3 heterocycles. The Morgan fingerprint density at radius 1 is 1.10 bits per heavy atom. The largest absolute Gasteiger partial charge is 0.489 e. The number of likely N-dealkylation sites (N-methyl/N-ethyl adjacent to an activating group) is 1. The maximum Gasteiger partial charge on any atom is 0.275 e. The molecule has 5 rings (SSSR count). The number of fused-ring (bicyclic) bond motifs is 2. The zero-order chi connectivity index (χ0) is 20.5. The van der Waals surface area contributed by atoms with Gasteiger partial charge in [0.15, 0.2) is 5.69 Å². The quantitative estimate of drug-likeness (QED) is 0.673. The topological polar surface area (TPSA) is 50.6 Å². The van der Waals surface area contributed by atoms with Crippen LogP contribution in [0.25, 0.3) is 0 Å². The van der Waals surface area contributed by atoms with Crippen molar-refractivity contribution in [3.63, 3.8) is 0 Å². The lowest BCUT2D eigenvalue weighted by Crippen LogP contribution is -2.51. The summed E-state index contributed by atoms with van der Waals surface area (Å²) in [7, 11) is 2.05. The van der Waals surface area contributed by atoms with E-state index in [9.17, 15) is 4.79 Å². The Morgan fingerprint density at radius 2 is 1.90 bits per heavy atom. The highest BCUT2D eigenvalue weighted by atomic mass is 16.5. The minimum Gasteiger partial charge on any atom is -0.489 e. The number of aromatic nitrogens is 2. The summed E-state index contributed by atoms with van der Waals surface area (Å²) in [6, 6.07) is 18.4. The number of carbonyl (C=O) groups is 1. The highest BCUT2D eigenvalue weighted by Crippen LogP contribution is 2.31. The third-order valence-electron chi connectivity index (χ3n) is 6.03. The SMILES string of the molecule is CN1C[C@H](N2CCc3cn(CCc4ccccc4)nc3C2=O)COc2ccccc21. The Labute approximate surface area is 176 Å². The monoisotopic (exact) mass is 402 g/mol. The van der Waals surface area contributed by atoms with Gasteiger partial charge in [0.05, 0.1) is 11.7 Å². The fourth-order valence-corrected chi connectivity index (χ4v) is 4.39.